The van der Waals surface area contributed by atoms with Crippen LogP contribution in [-0.2, 0) is 32.6 Å². The highest BCUT2D eigenvalue weighted by Crippen LogP contribution is 2.32. The van der Waals surface area contributed by atoms with Gasteiger partial charge in [0.15, 0.2) is 11.6 Å². The fourth-order valence-electron chi connectivity index (χ4n) is 3.38. The van der Waals surface area contributed by atoms with Gasteiger partial charge in [0.25, 0.3) is 0 Å². The van der Waals surface area contributed by atoms with Crippen molar-refractivity contribution < 1.29 is 17.6 Å². The molecule has 0 fully saturated rings. The summed E-state index contributed by atoms with van der Waals surface area (Å²) >= 11 is 0. The molecule has 30 heavy (non-hydrogen) atoms. The van der Waals surface area contributed by atoms with Crippen molar-refractivity contribution in [3.63, 3.8) is 0 Å². The molecular weight excluding hydrogens is 395 g/mol. The number of aryl methyl sites for hydroxylation is 4. The standard InChI is InChI=1S/C21H20F3N5O/c1-14-5-6-15(12-17(14)21(22,23)24)7-8-18-26-27-20(19-25-9-10-28(19)2)29(18)13-16-4-3-11-30-16/h3-6,9-12H,7-8,13H2,1-2H3. The molecule has 4 rings (SSSR count). The van der Waals surface area contributed by atoms with Crippen LogP contribution in [0.1, 0.15) is 28.3 Å². The largest absolute Gasteiger partial charge is 0.467 e. The van der Waals surface area contributed by atoms with Crippen molar-refractivity contribution in [2.75, 3.05) is 0 Å². The maximum absolute atomic E-state index is 13.2. The normalized spacial score (nSPS) is 11.9. The zero-order valence-electron chi connectivity index (χ0n) is 16.5. The summed E-state index contributed by atoms with van der Waals surface area (Å²) in [4.78, 5) is 4.34. The Kier molecular flexibility index (Phi) is 5.19. The van der Waals surface area contributed by atoms with Gasteiger partial charge < -0.3 is 13.6 Å². The van der Waals surface area contributed by atoms with Crippen LogP contribution < -0.4 is 0 Å². The Hall–Kier alpha value is -3.36. The quantitative estimate of drug-likeness (QED) is 0.467. The highest BCUT2D eigenvalue weighted by Gasteiger charge is 2.32. The maximum atomic E-state index is 13.2. The second-order valence-electron chi connectivity index (χ2n) is 7.11. The molecule has 1 aromatic carbocycles. The predicted octanol–water partition coefficient (Wildman–Crippen LogP) is 4.43. The second kappa shape index (κ2) is 7.81. The molecule has 0 aliphatic carbocycles. The third-order valence-electron chi connectivity index (χ3n) is 4.99. The summed E-state index contributed by atoms with van der Waals surface area (Å²) in [6.45, 7) is 1.87. The minimum Gasteiger partial charge on any atom is -0.467 e. The number of nitrogens with zero attached hydrogens (tertiary/aromatic N) is 5. The molecule has 0 N–H and O–H groups in total. The Morgan fingerprint density at radius 3 is 2.57 bits per heavy atom. The summed E-state index contributed by atoms with van der Waals surface area (Å²) in [7, 11) is 1.86. The van der Waals surface area contributed by atoms with E-state index in [1.165, 1.54) is 19.1 Å². The topological polar surface area (TPSA) is 61.7 Å². The Bertz CT molecular complexity index is 1140. The van der Waals surface area contributed by atoms with E-state index in [4.69, 9.17) is 4.42 Å². The summed E-state index contributed by atoms with van der Waals surface area (Å²) in [6, 6.07) is 8.08. The number of hydrogen-bond donors (Lipinski definition) is 0. The molecule has 3 heterocycles. The van der Waals surface area contributed by atoms with Crippen molar-refractivity contribution in [3.05, 3.63) is 77.3 Å². The van der Waals surface area contributed by atoms with Gasteiger partial charge in [-0.3, -0.25) is 0 Å². The van der Waals surface area contributed by atoms with Crippen LogP contribution in [-0.4, -0.2) is 24.3 Å². The van der Waals surface area contributed by atoms with Crippen LogP contribution in [0.2, 0.25) is 0 Å². The Labute approximate surface area is 171 Å². The molecule has 0 aliphatic rings. The van der Waals surface area contributed by atoms with Gasteiger partial charge in [0.2, 0.25) is 0 Å². The fraction of sp³-hybridized carbons (Fsp3) is 0.286. The SMILES string of the molecule is Cc1ccc(CCc2nnc(-c3nccn3C)n2Cc2ccco2)cc1C(F)(F)F. The van der Waals surface area contributed by atoms with Gasteiger partial charge in [0.05, 0.1) is 18.4 Å². The number of aromatic nitrogens is 5. The first kappa shape index (κ1) is 19.9. The molecule has 0 radical (unpaired) electrons. The molecule has 0 spiro atoms. The molecule has 0 amide bonds. The molecule has 0 atom stereocenters. The van der Waals surface area contributed by atoms with E-state index in [0.717, 1.165) is 5.76 Å². The van der Waals surface area contributed by atoms with Gasteiger partial charge in [0.1, 0.15) is 11.6 Å². The Balaban J connectivity index is 1.63. The maximum Gasteiger partial charge on any atom is 0.416 e. The van der Waals surface area contributed by atoms with Crippen LogP contribution in [0.4, 0.5) is 13.2 Å². The molecule has 0 saturated heterocycles. The summed E-state index contributed by atoms with van der Waals surface area (Å²) in [5.41, 5.74) is 0.203. The van der Waals surface area contributed by atoms with Crippen LogP contribution in [0.5, 0.6) is 0 Å². The smallest absolute Gasteiger partial charge is 0.416 e. The third kappa shape index (κ3) is 4.00. The molecule has 0 saturated carbocycles. The van der Waals surface area contributed by atoms with Crippen molar-refractivity contribution in [1.82, 2.24) is 24.3 Å². The fourth-order valence-corrected chi connectivity index (χ4v) is 3.38. The number of rotatable bonds is 6. The number of imidazole rings is 1. The third-order valence-corrected chi connectivity index (χ3v) is 4.99. The van der Waals surface area contributed by atoms with E-state index in [0.29, 0.717) is 42.4 Å². The van der Waals surface area contributed by atoms with Crippen molar-refractivity contribution >= 4 is 0 Å². The molecule has 0 unspecified atom stereocenters. The van der Waals surface area contributed by atoms with Gasteiger partial charge in [-0.2, -0.15) is 13.2 Å². The average Bonchev–Trinajstić information content (AvgIpc) is 3.43. The molecule has 6 nitrogen and oxygen atoms in total. The number of hydrogen-bond acceptors (Lipinski definition) is 4. The zero-order chi connectivity index (χ0) is 21.3. The van der Waals surface area contributed by atoms with Gasteiger partial charge in [-0.1, -0.05) is 12.1 Å². The predicted molar refractivity (Wildman–Crippen MR) is 104 cm³/mol. The molecule has 0 aliphatic heterocycles. The number of furan rings is 1. The molecule has 156 valence electrons. The van der Waals surface area contributed by atoms with Crippen molar-refractivity contribution in [2.24, 2.45) is 7.05 Å². The summed E-state index contributed by atoms with van der Waals surface area (Å²) < 4.78 is 48.8. The lowest BCUT2D eigenvalue weighted by molar-refractivity contribution is -0.138. The second-order valence-corrected chi connectivity index (χ2v) is 7.11. The highest BCUT2D eigenvalue weighted by atomic mass is 19.4. The molecular formula is C21H20F3N5O. The molecule has 3 aromatic heterocycles. The molecule has 4 aromatic rings. The van der Waals surface area contributed by atoms with Gasteiger partial charge in [-0.15, -0.1) is 10.2 Å². The van der Waals surface area contributed by atoms with Crippen LogP contribution in [0.25, 0.3) is 11.6 Å². The van der Waals surface area contributed by atoms with Gasteiger partial charge >= 0.3 is 6.18 Å². The lowest BCUT2D eigenvalue weighted by Gasteiger charge is -2.12. The van der Waals surface area contributed by atoms with Crippen LogP contribution in [0.3, 0.4) is 0 Å². The van der Waals surface area contributed by atoms with E-state index in [9.17, 15) is 13.2 Å². The van der Waals surface area contributed by atoms with E-state index in [-0.39, 0.29) is 5.56 Å². The Morgan fingerprint density at radius 1 is 1.07 bits per heavy atom. The lowest BCUT2D eigenvalue weighted by atomic mass is 10.0. The molecule has 9 heteroatoms. The highest BCUT2D eigenvalue weighted by molar-refractivity contribution is 5.45. The van der Waals surface area contributed by atoms with Crippen molar-refractivity contribution in [3.8, 4) is 11.6 Å². The number of alkyl halides is 3. The summed E-state index contributed by atoms with van der Waals surface area (Å²) in [5, 5.41) is 8.58. The van der Waals surface area contributed by atoms with E-state index in [2.05, 4.69) is 15.2 Å². The summed E-state index contributed by atoms with van der Waals surface area (Å²) in [5.74, 6) is 2.60. The Morgan fingerprint density at radius 2 is 1.90 bits per heavy atom. The van der Waals surface area contributed by atoms with Crippen molar-refractivity contribution in [2.45, 2.75) is 32.5 Å². The first-order chi connectivity index (χ1) is 14.3. The monoisotopic (exact) mass is 415 g/mol. The first-order valence-electron chi connectivity index (χ1n) is 9.42. The number of benzene rings is 1. The molecule has 0 bridgehead atoms. The van der Waals surface area contributed by atoms with E-state index < -0.39 is 11.7 Å². The van der Waals surface area contributed by atoms with Crippen molar-refractivity contribution in [1.29, 1.82) is 0 Å². The number of halogens is 3. The summed E-state index contributed by atoms with van der Waals surface area (Å²) in [6.07, 6.45) is 1.53. The van der Waals surface area contributed by atoms with E-state index in [1.807, 2.05) is 28.4 Å². The van der Waals surface area contributed by atoms with Crippen LogP contribution in [0.15, 0.2) is 53.4 Å². The zero-order valence-corrected chi connectivity index (χ0v) is 16.5. The minimum absolute atomic E-state index is 0.212. The first-order valence-corrected chi connectivity index (χ1v) is 9.42. The van der Waals surface area contributed by atoms with E-state index >= 15 is 0 Å². The lowest BCUT2D eigenvalue weighted by Crippen LogP contribution is -2.10. The van der Waals surface area contributed by atoms with E-state index in [1.54, 1.807) is 24.6 Å². The van der Waals surface area contributed by atoms with Gasteiger partial charge in [-0.05, 0) is 42.7 Å². The average molecular weight is 415 g/mol. The van der Waals surface area contributed by atoms with Crippen LogP contribution in [0, 0.1) is 6.92 Å². The van der Waals surface area contributed by atoms with Gasteiger partial charge in [0, 0.05) is 25.9 Å². The minimum atomic E-state index is -4.37. The van der Waals surface area contributed by atoms with Gasteiger partial charge in [-0.25, -0.2) is 4.98 Å². The van der Waals surface area contributed by atoms with Crippen LogP contribution >= 0.6 is 0 Å².